The molecule has 1 aromatic heterocycles. The molecule has 0 bridgehead atoms. The number of imidazole rings is 1. The van der Waals surface area contributed by atoms with Crippen LogP contribution in [0.3, 0.4) is 0 Å². The number of amides is 2. The van der Waals surface area contributed by atoms with Crippen molar-refractivity contribution in [2.45, 2.75) is 26.9 Å². The Morgan fingerprint density at radius 1 is 1.21 bits per heavy atom. The van der Waals surface area contributed by atoms with Crippen molar-refractivity contribution in [3.8, 4) is 0 Å². The van der Waals surface area contributed by atoms with Crippen LogP contribution in [0.25, 0.3) is 0 Å². The largest absolute Gasteiger partial charge is 0.343 e. The van der Waals surface area contributed by atoms with E-state index in [1.165, 1.54) is 24.3 Å². The SMILES string of the molecule is Cc1nc2n(c1C)CCN(C(=O)CNC(=O)c1ccc(F)cc1)C2. The molecule has 3 rings (SSSR count). The van der Waals surface area contributed by atoms with Crippen molar-refractivity contribution in [2.24, 2.45) is 0 Å². The van der Waals surface area contributed by atoms with Crippen molar-refractivity contribution in [1.29, 1.82) is 0 Å². The van der Waals surface area contributed by atoms with Crippen LogP contribution >= 0.6 is 0 Å². The van der Waals surface area contributed by atoms with Crippen LogP contribution in [0.4, 0.5) is 4.39 Å². The third kappa shape index (κ3) is 3.15. The highest BCUT2D eigenvalue weighted by molar-refractivity contribution is 5.96. The third-order valence-corrected chi connectivity index (χ3v) is 4.32. The Morgan fingerprint density at radius 3 is 2.62 bits per heavy atom. The Morgan fingerprint density at radius 2 is 1.92 bits per heavy atom. The molecule has 24 heavy (non-hydrogen) atoms. The Kier molecular flexibility index (Phi) is 4.33. The van der Waals surface area contributed by atoms with Gasteiger partial charge in [0.25, 0.3) is 5.91 Å². The summed E-state index contributed by atoms with van der Waals surface area (Å²) in [6.45, 7) is 5.63. The maximum absolute atomic E-state index is 12.9. The van der Waals surface area contributed by atoms with Crippen LogP contribution in [0.5, 0.6) is 0 Å². The van der Waals surface area contributed by atoms with E-state index in [9.17, 15) is 14.0 Å². The summed E-state index contributed by atoms with van der Waals surface area (Å²) >= 11 is 0. The van der Waals surface area contributed by atoms with E-state index in [4.69, 9.17) is 0 Å². The molecular formula is C17H19FN4O2. The molecule has 2 heterocycles. The molecule has 0 saturated heterocycles. The van der Waals surface area contributed by atoms with Crippen molar-refractivity contribution < 1.29 is 14.0 Å². The molecule has 0 atom stereocenters. The minimum absolute atomic E-state index is 0.0884. The Balaban J connectivity index is 1.58. The molecule has 0 saturated carbocycles. The van der Waals surface area contributed by atoms with Gasteiger partial charge in [0.05, 0.1) is 18.8 Å². The average molecular weight is 330 g/mol. The Labute approximate surface area is 139 Å². The first kappa shape index (κ1) is 16.2. The number of halogens is 1. The summed E-state index contributed by atoms with van der Waals surface area (Å²) in [6.07, 6.45) is 0. The Hall–Kier alpha value is -2.70. The zero-order chi connectivity index (χ0) is 17.3. The molecule has 0 radical (unpaired) electrons. The standard InChI is InChI=1S/C17H19FN4O2/c1-11-12(2)22-8-7-21(10-15(22)20-11)16(23)9-19-17(24)13-3-5-14(18)6-4-13/h3-6H,7-10H2,1-2H3,(H,19,24). The van der Waals surface area contributed by atoms with Gasteiger partial charge in [0.2, 0.25) is 5.91 Å². The summed E-state index contributed by atoms with van der Waals surface area (Å²) < 4.78 is 15.0. The second-order valence-electron chi connectivity index (χ2n) is 5.86. The molecule has 1 N–H and O–H groups in total. The van der Waals surface area contributed by atoms with E-state index in [2.05, 4.69) is 14.9 Å². The van der Waals surface area contributed by atoms with Crippen LogP contribution in [0.15, 0.2) is 24.3 Å². The van der Waals surface area contributed by atoms with E-state index in [-0.39, 0.29) is 12.5 Å². The average Bonchev–Trinajstić information content (AvgIpc) is 2.87. The maximum atomic E-state index is 12.9. The van der Waals surface area contributed by atoms with E-state index in [0.717, 1.165) is 17.2 Å². The number of rotatable bonds is 3. The fraction of sp³-hybridized carbons (Fsp3) is 0.353. The first-order chi connectivity index (χ1) is 11.5. The van der Waals surface area contributed by atoms with Crippen molar-refractivity contribution in [1.82, 2.24) is 19.8 Å². The van der Waals surface area contributed by atoms with Crippen molar-refractivity contribution in [3.63, 3.8) is 0 Å². The lowest BCUT2D eigenvalue weighted by molar-refractivity contribution is -0.131. The van der Waals surface area contributed by atoms with Crippen molar-refractivity contribution in [2.75, 3.05) is 13.1 Å². The number of aromatic nitrogens is 2. The molecular weight excluding hydrogens is 311 g/mol. The summed E-state index contributed by atoms with van der Waals surface area (Å²) in [7, 11) is 0. The van der Waals surface area contributed by atoms with Gasteiger partial charge in [-0.05, 0) is 38.1 Å². The number of hydrogen-bond acceptors (Lipinski definition) is 3. The van der Waals surface area contributed by atoms with E-state index in [0.29, 0.717) is 25.2 Å². The molecule has 1 aliphatic heterocycles. The highest BCUT2D eigenvalue weighted by atomic mass is 19.1. The monoisotopic (exact) mass is 330 g/mol. The van der Waals surface area contributed by atoms with E-state index < -0.39 is 11.7 Å². The normalized spacial score (nSPS) is 13.5. The van der Waals surface area contributed by atoms with Crippen LogP contribution in [0.1, 0.15) is 27.6 Å². The van der Waals surface area contributed by atoms with Crippen molar-refractivity contribution >= 4 is 11.8 Å². The van der Waals surface area contributed by atoms with Gasteiger partial charge in [-0.2, -0.15) is 0 Å². The molecule has 0 spiro atoms. The molecule has 126 valence electrons. The fourth-order valence-corrected chi connectivity index (χ4v) is 2.80. The molecule has 2 aromatic rings. The van der Waals surface area contributed by atoms with Crippen LogP contribution in [0.2, 0.25) is 0 Å². The van der Waals surface area contributed by atoms with Crippen molar-refractivity contribution in [3.05, 3.63) is 52.9 Å². The number of carbonyl (C=O) groups is 2. The lowest BCUT2D eigenvalue weighted by atomic mass is 10.2. The quantitative estimate of drug-likeness (QED) is 0.925. The zero-order valence-corrected chi connectivity index (χ0v) is 13.7. The number of fused-ring (bicyclic) bond motifs is 1. The van der Waals surface area contributed by atoms with Crippen LogP contribution < -0.4 is 5.32 Å². The summed E-state index contributed by atoms with van der Waals surface area (Å²) in [5.74, 6) is -0.0879. The number of hydrogen-bond donors (Lipinski definition) is 1. The number of benzene rings is 1. The fourth-order valence-electron chi connectivity index (χ4n) is 2.80. The molecule has 1 aliphatic rings. The highest BCUT2D eigenvalue weighted by Crippen LogP contribution is 2.16. The predicted octanol–water partition coefficient (Wildman–Crippen LogP) is 1.41. The van der Waals surface area contributed by atoms with Gasteiger partial charge in [-0.15, -0.1) is 0 Å². The van der Waals surface area contributed by atoms with Gasteiger partial charge < -0.3 is 14.8 Å². The number of nitrogens with one attached hydrogen (secondary N) is 1. The van der Waals surface area contributed by atoms with Gasteiger partial charge in [-0.3, -0.25) is 9.59 Å². The van der Waals surface area contributed by atoms with Gasteiger partial charge in [-0.1, -0.05) is 0 Å². The highest BCUT2D eigenvalue weighted by Gasteiger charge is 2.23. The van der Waals surface area contributed by atoms with Gasteiger partial charge in [-0.25, -0.2) is 9.37 Å². The van der Waals surface area contributed by atoms with Crippen LogP contribution in [0, 0.1) is 19.7 Å². The van der Waals surface area contributed by atoms with Gasteiger partial charge in [0.15, 0.2) is 0 Å². The van der Waals surface area contributed by atoms with Gasteiger partial charge >= 0.3 is 0 Å². The summed E-state index contributed by atoms with van der Waals surface area (Å²) in [6, 6.07) is 5.20. The minimum Gasteiger partial charge on any atom is -0.343 e. The first-order valence-electron chi connectivity index (χ1n) is 7.80. The smallest absolute Gasteiger partial charge is 0.251 e. The second kappa shape index (κ2) is 6.43. The van der Waals surface area contributed by atoms with Crippen LogP contribution in [-0.4, -0.2) is 39.4 Å². The third-order valence-electron chi connectivity index (χ3n) is 4.32. The van der Waals surface area contributed by atoms with E-state index in [1.807, 2.05) is 13.8 Å². The molecule has 0 unspecified atom stereocenters. The Bertz CT molecular complexity index is 783. The van der Waals surface area contributed by atoms with Gasteiger partial charge in [0, 0.05) is 24.3 Å². The lowest BCUT2D eigenvalue weighted by Gasteiger charge is -2.28. The number of carbonyl (C=O) groups excluding carboxylic acids is 2. The second-order valence-corrected chi connectivity index (χ2v) is 5.86. The first-order valence-corrected chi connectivity index (χ1v) is 7.80. The predicted molar refractivity (Wildman–Crippen MR) is 85.9 cm³/mol. The van der Waals surface area contributed by atoms with E-state index >= 15 is 0 Å². The molecule has 2 amide bonds. The minimum atomic E-state index is -0.406. The molecule has 7 heteroatoms. The molecule has 6 nitrogen and oxygen atoms in total. The summed E-state index contributed by atoms with van der Waals surface area (Å²) in [5.41, 5.74) is 2.43. The lowest BCUT2D eigenvalue weighted by Crippen LogP contribution is -2.44. The van der Waals surface area contributed by atoms with Gasteiger partial charge in [0.1, 0.15) is 11.6 Å². The van der Waals surface area contributed by atoms with E-state index in [1.54, 1.807) is 4.90 Å². The molecule has 0 fully saturated rings. The molecule has 1 aromatic carbocycles. The number of aryl methyl sites for hydroxylation is 1. The zero-order valence-electron chi connectivity index (χ0n) is 13.7. The molecule has 0 aliphatic carbocycles. The number of nitrogens with zero attached hydrogens (tertiary/aromatic N) is 3. The summed E-state index contributed by atoms with van der Waals surface area (Å²) in [4.78, 5) is 30.4. The topological polar surface area (TPSA) is 67.2 Å². The summed E-state index contributed by atoms with van der Waals surface area (Å²) in [5, 5.41) is 2.58. The van der Waals surface area contributed by atoms with Crippen LogP contribution in [-0.2, 0) is 17.9 Å². The maximum Gasteiger partial charge on any atom is 0.251 e.